The molecule has 2 rings (SSSR count). The predicted octanol–water partition coefficient (Wildman–Crippen LogP) is 3.12. The number of aryl methyl sites for hydroxylation is 1. The summed E-state index contributed by atoms with van der Waals surface area (Å²) in [6, 6.07) is 5.82. The molecule has 27 heavy (non-hydrogen) atoms. The molecule has 1 aromatic carbocycles. The number of hydrogen-bond acceptors (Lipinski definition) is 4. The van der Waals surface area contributed by atoms with Gasteiger partial charge in [-0.1, -0.05) is 13.8 Å². The SMILES string of the molecule is COc1cc(OC)c2cc(CCCNC(=O)CC(C)(C)CC(=O)O)[nH]c2c1. The van der Waals surface area contributed by atoms with Gasteiger partial charge in [0.1, 0.15) is 11.5 Å². The standard InChI is InChI=1S/C20H28N2O5/c1-20(2,12-19(24)25)11-18(23)21-7-5-6-13-8-15-16(22-13)9-14(26-3)10-17(15)27-4/h8-10,22H,5-7,11-12H2,1-4H3,(H,21,23)(H,24,25). The van der Waals surface area contributed by atoms with Crippen molar-refractivity contribution in [1.29, 1.82) is 0 Å². The minimum atomic E-state index is -0.890. The van der Waals surface area contributed by atoms with E-state index in [0.29, 0.717) is 6.54 Å². The van der Waals surface area contributed by atoms with Crippen LogP contribution in [-0.2, 0) is 16.0 Å². The van der Waals surface area contributed by atoms with E-state index in [1.54, 1.807) is 28.1 Å². The lowest BCUT2D eigenvalue weighted by molar-refractivity contribution is -0.139. The number of fused-ring (bicyclic) bond motifs is 1. The molecule has 148 valence electrons. The predicted molar refractivity (Wildman–Crippen MR) is 103 cm³/mol. The first-order valence-corrected chi connectivity index (χ1v) is 8.96. The highest BCUT2D eigenvalue weighted by Crippen LogP contribution is 2.31. The summed E-state index contributed by atoms with van der Waals surface area (Å²) in [5.74, 6) is 0.466. The third-order valence-corrected chi connectivity index (χ3v) is 4.40. The molecule has 0 atom stereocenters. The van der Waals surface area contributed by atoms with Crippen LogP contribution in [0, 0.1) is 5.41 Å². The van der Waals surface area contributed by atoms with E-state index in [1.807, 2.05) is 18.2 Å². The molecule has 0 spiro atoms. The van der Waals surface area contributed by atoms with Crippen LogP contribution in [0.25, 0.3) is 10.9 Å². The fourth-order valence-electron chi connectivity index (χ4n) is 3.13. The Balaban J connectivity index is 1.87. The number of carboxylic acid groups (broad SMARTS) is 1. The number of nitrogens with one attached hydrogen (secondary N) is 2. The molecule has 0 saturated heterocycles. The van der Waals surface area contributed by atoms with Crippen LogP contribution in [0.1, 0.15) is 38.8 Å². The summed E-state index contributed by atoms with van der Waals surface area (Å²) in [7, 11) is 3.24. The average Bonchev–Trinajstić information content (AvgIpc) is 2.98. The Morgan fingerprint density at radius 1 is 1.15 bits per heavy atom. The molecule has 3 N–H and O–H groups in total. The fourth-order valence-corrected chi connectivity index (χ4v) is 3.13. The van der Waals surface area contributed by atoms with Gasteiger partial charge in [-0.3, -0.25) is 9.59 Å². The van der Waals surface area contributed by atoms with E-state index in [9.17, 15) is 9.59 Å². The second-order valence-electron chi connectivity index (χ2n) is 7.45. The first kappa shape index (κ1) is 20.6. The van der Waals surface area contributed by atoms with E-state index >= 15 is 0 Å². The fraction of sp³-hybridized carbons (Fsp3) is 0.500. The number of aromatic nitrogens is 1. The normalized spacial score (nSPS) is 11.4. The maximum Gasteiger partial charge on any atom is 0.303 e. The van der Waals surface area contributed by atoms with Crippen molar-refractivity contribution in [3.63, 3.8) is 0 Å². The molecule has 0 bridgehead atoms. The first-order chi connectivity index (χ1) is 12.7. The lowest BCUT2D eigenvalue weighted by Gasteiger charge is -2.21. The number of hydrogen-bond donors (Lipinski definition) is 3. The Morgan fingerprint density at radius 3 is 2.52 bits per heavy atom. The van der Waals surface area contributed by atoms with Gasteiger partial charge in [0.15, 0.2) is 0 Å². The first-order valence-electron chi connectivity index (χ1n) is 8.96. The van der Waals surface area contributed by atoms with Crippen LogP contribution in [0.5, 0.6) is 11.5 Å². The number of methoxy groups -OCH3 is 2. The smallest absolute Gasteiger partial charge is 0.303 e. The van der Waals surface area contributed by atoms with Gasteiger partial charge in [-0.15, -0.1) is 0 Å². The average molecular weight is 376 g/mol. The number of H-pyrrole nitrogens is 1. The molecule has 0 unspecified atom stereocenters. The number of carbonyl (C=O) groups excluding carboxylic acids is 1. The van der Waals surface area contributed by atoms with Crippen LogP contribution in [0.4, 0.5) is 0 Å². The third-order valence-electron chi connectivity index (χ3n) is 4.40. The monoisotopic (exact) mass is 376 g/mol. The quantitative estimate of drug-likeness (QED) is 0.553. The minimum Gasteiger partial charge on any atom is -0.497 e. The second-order valence-corrected chi connectivity index (χ2v) is 7.45. The van der Waals surface area contributed by atoms with Gasteiger partial charge >= 0.3 is 5.97 Å². The van der Waals surface area contributed by atoms with E-state index in [-0.39, 0.29) is 18.7 Å². The van der Waals surface area contributed by atoms with Crippen molar-refractivity contribution < 1.29 is 24.2 Å². The van der Waals surface area contributed by atoms with Crippen molar-refractivity contribution in [3.8, 4) is 11.5 Å². The number of aliphatic carboxylic acids is 1. The molecule has 1 amide bonds. The molecular weight excluding hydrogens is 348 g/mol. The second kappa shape index (κ2) is 8.79. The number of amides is 1. The highest BCUT2D eigenvalue weighted by Gasteiger charge is 2.24. The van der Waals surface area contributed by atoms with E-state index in [1.165, 1.54) is 0 Å². The lowest BCUT2D eigenvalue weighted by Crippen LogP contribution is -2.30. The van der Waals surface area contributed by atoms with Crippen LogP contribution in [0.2, 0.25) is 0 Å². The Kier molecular flexibility index (Phi) is 6.71. The zero-order valence-electron chi connectivity index (χ0n) is 16.3. The van der Waals surface area contributed by atoms with E-state index in [4.69, 9.17) is 14.6 Å². The molecule has 0 saturated carbocycles. The number of aromatic amines is 1. The molecule has 7 nitrogen and oxygen atoms in total. The Morgan fingerprint density at radius 2 is 1.89 bits per heavy atom. The van der Waals surface area contributed by atoms with E-state index in [2.05, 4.69) is 10.3 Å². The van der Waals surface area contributed by atoms with Crippen molar-refractivity contribution in [2.45, 2.75) is 39.5 Å². The summed E-state index contributed by atoms with van der Waals surface area (Å²) < 4.78 is 10.7. The van der Waals surface area contributed by atoms with Gasteiger partial charge < -0.3 is 24.9 Å². The van der Waals surface area contributed by atoms with Crippen molar-refractivity contribution in [3.05, 3.63) is 23.9 Å². The number of carboxylic acids is 1. The van der Waals surface area contributed by atoms with Gasteiger partial charge in [0, 0.05) is 36.2 Å². The van der Waals surface area contributed by atoms with Gasteiger partial charge in [0.2, 0.25) is 5.91 Å². The van der Waals surface area contributed by atoms with Crippen LogP contribution in [-0.4, -0.2) is 42.7 Å². The minimum absolute atomic E-state index is 0.0270. The number of rotatable bonds is 10. The molecule has 2 aromatic rings. The Labute approximate surface area is 159 Å². The van der Waals surface area contributed by atoms with Gasteiger partial charge in [-0.2, -0.15) is 0 Å². The zero-order chi connectivity index (χ0) is 20.0. The van der Waals surface area contributed by atoms with Crippen LogP contribution < -0.4 is 14.8 Å². The highest BCUT2D eigenvalue weighted by molar-refractivity contribution is 5.88. The molecule has 0 aliphatic heterocycles. The Bertz CT molecular complexity index is 810. The largest absolute Gasteiger partial charge is 0.497 e. The third kappa shape index (κ3) is 5.91. The van der Waals surface area contributed by atoms with Gasteiger partial charge in [0.25, 0.3) is 0 Å². The Hall–Kier alpha value is -2.70. The van der Waals surface area contributed by atoms with Crippen molar-refractivity contribution in [1.82, 2.24) is 10.3 Å². The maximum atomic E-state index is 12.0. The number of benzene rings is 1. The van der Waals surface area contributed by atoms with E-state index in [0.717, 1.165) is 40.9 Å². The van der Waals surface area contributed by atoms with Gasteiger partial charge in [0.05, 0.1) is 26.2 Å². The van der Waals surface area contributed by atoms with Gasteiger partial charge in [-0.25, -0.2) is 0 Å². The summed E-state index contributed by atoms with van der Waals surface area (Å²) in [6.45, 7) is 4.11. The topological polar surface area (TPSA) is 101 Å². The van der Waals surface area contributed by atoms with Crippen molar-refractivity contribution >= 4 is 22.8 Å². The van der Waals surface area contributed by atoms with Crippen molar-refractivity contribution in [2.75, 3.05) is 20.8 Å². The summed E-state index contributed by atoms with van der Waals surface area (Å²) in [4.78, 5) is 26.2. The molecule has 0 fully saturated rings. The van der Waals surface area contributed by atoms with Gasteiger partial charge in [-0.05, 0) is 24.3 Å². The maximum absolute atomic E-state index is 12.0. The van der Waals surface area contributed by atoms with Crippen LogP contribution in [0.15, 0.2) is 18.2 Å². The number of ether oxygens (including phenoxy) is 2. The van der Waals surface area contributed by atoms with Crippen LogP contribution >= 0.6 is 0 Å². The summed E-state index contributed by atoms with van der Waals surface area (Å²) >= 11 is 0. The van der Waals surface area contributed by atoms with Crippen molar-refractivity contribution in [2.24, 2.45) is 5.41 Å². The molecule has 1 aromatic heterocycles. The molecule has 0 aliphatic rings. The number of carbonyl (C=O) groups is 2. The summed E-state index contributed by atoms with van der Waals surface area (Å²) in [5, 5.41) is 12.7. The van der Waals surface area contributed by atoms with Crippen LogP contribution in [0.3, 0.4) is 0 Å². The summed E-state index contributed by atoms with van der Waals surface area (Å²) in [5.41, 5.74) is 1.44. The molecule has 7 heteroatoms. The molecule has 1 heterocycles. The van der Waals surface area contributed by atoms with E-state index < -0.39 is 11.4 Å². The molecular formula is C20H28N2O5. The molecule has 0 radical (unpaired) electrons. The summed E-state index contributed by atoms with van der Waals surface area (Å²) in [6.07, 6.45) is 1.72. The lowest BCUT2D eigenvalue weighted by atomic mass is 9.85. The zero-order valence-corrected chi connectivity index (χ0v) is 16.3. The highest BCUT2D eigenvalue weighted by atomic mass is 16.5. The molecule has 0 aliphatic carbocycles.